The third kappa shape index (κ3) is 2.93. The normalized spacial score (nSPS) is 21.0. The van der Waals surface area contributed by atoms with Gasteiger partial charge in [-0.2, -0.15) is 0 Å². The lowest BCUT2D eigenvalue weighted by atomic mass is 10.2. The summed E-state index contributed by atoms with van der Waals surface area (Å²) in [5.41, 5.74) is 3.20. The highest BCUT2D eigenvalue weighted by atomic mass is 32.2. The first-order valence-corrected chi connectivity index (χ1v) is 10.1. The highest BCUT2D eigenvalue weighted by Gasteiger charge is 2.38. The van der Waals surface area contributed by atoms with Gasteiger partial charge in [0.2, 0.25) is 0 Å². The third-order valence-electron chi connectivity index (χ3n) is 4.37. The molecule has 1 amide bonds. The molecular formula is C20H19N3OS2. The van der Waals surface area contributed by atoms with Gasteiger partial charge >= 0.3 is 0 Å². The van der Waals surface area contributed by atoms with Gasteiger partial charge in [-0.15, -0.1) is 0 Å². The van der Waals surface area contributed by atoms with Gasteiger partial charge in [0.05, 0.1) is 16.4 Å². The van der Waals surface area contributed by atoms with Crippen LogP contribution in [0.5, 0.6) is 0 Å². The number of aryl methyl sites for hydroxylation is 1. The van der Waals surface area contributed by atoms with Crippen molar-refractivity contribution in [3.63, 3.8) is 0 Å². The Labute approximate surface area is 162 Å². The van der Waals surface area contributed by atoms with E-state index in [4.69, 9.17) is 4.99 Å². The Morgan fingerprint density at radius 1 is 1.04 bits per heavy atom. The number of thioether (sulfide) groups is 2. The van der Waals surface area contributed by atoms with E-state index in [1.807, 2.05) is 50.4 Å². The van der Waals surface area contributed by atoms with Gasteiger partial charge in [0.25, 0.3) is 5.91 Å². The summed E-state index contributed by atoms with van der Waals surface area (Å²) >= 11 is 3.12. The Bertz CT molecular complexity index is 934. The largest absolute Gasteiger partial charge is 0.337 e. The number of carbonyl (C=O) groups excluding carboxylic acids is 1. The van der Waals surface area contributed by atoms with Crippen molar-refractivity contribution in [2.24, 2.45) is 4.99 Å². The second-order valence-corrected chi connectivity index (χ2v) is 8.15. The molecular weight excluding hydrogens is 362 g/mol. The number of anilines is 1. The van der Waals surface area contributed by atoms with E-state index in [-0.39, 0.29) is 5.91 Å². The molecule has 0 radical (unpaired) electrons. The van der Waals surface area contributed by atoms with Crippen LogP contribution in [0.3, 0.4) is 0 Å². The Hall–Kier alpha value is -2.18. The van der Waals surface area contributed by atoms with E-state index in [0.717, 1.165) is 26.5 Å². The number of fused-ring (bicyclic) bond motifs is 1. The number of rotatable bonds is 2. The molecule has 132 valence electrons. The maximum Gasteiger partial charge on any atom is 0.269 e. The molecule has 1 fully saturated rings. The Kier molecular flexibility index (Phi) is 4.54. The molecule has 1 saturated heterocycles. The van der Waals surface area contributed by atoms with Crippen molar-refractivity contribution in [3.05, 3.63) is 64.0 Å². The summed E-state index contributed by atoms with van der Waals surface area (Å²) in [4.78, 5) is 23.5. The predicted molar refractivity (Wildman–Crippen MR) is 111 cm³/mol. The number of amides is 1. The topological polar surface area (TPSA) is 35.9 Å². The Balaban J connectivity index is 1.72. The summed E-state index contributed by atoms with van der Waals surface area (Å²) in [6.45, 7) is 4.64. The zero-order valence-corrected chi connectivity index (χ0v) is 16.5. The Morgan fingerprint density at radius 2 is 1.77 bits per heavy atom. The van der Waals surface area contributed by atoms with Gasteiger partial charge in [0.15, 0.2) is 5.17 Å². The summed E-state index contributed by atoms with van der Waals surface area (Å²) in [5, 5.41) is 1.72. The first-order chi connectivity index (χ1) is 12.6. The second-order valence-electron chi connectivity index (χ2n) is 6.14. The predicted octanol–water partition coefficient (Wildman–Crippen LogP) is 4.99. The van der Waals surface area contributed by atoms with Gasteiger partial charge in [-0.05, 0) is 49.9 Å². The van der Waals surface area contributed by atoms with E-state index in [2.05, 4.69) is 24.0 Å². The quantitative estimate of drug-likeness (QED) is 0.687. The molecule has 6 heteroatoms. The fraction of sp³-hybridized carbons (Fsp3) is 0.200. The summed E-state index contributed by atoms with van der Waals surface area (Å²) in [6, 6.07) is 16.3. The van der Waals surface area contributed by atoms with Crippen LogP contribution in [-0.2, 0) is 4.79 Å². The molecule has 26 heavy (non-hydrogen) atoms. The lowest BCUT2D eigenvalue weighted by molar-refractivity contribution is -0.122. The van der Waals surface area contributed by atoms with E-state index in [1.165, 1.54) is 22.2 Å². The number of aliphatic imine (C=N–C) groups is 1. The van der Waals surface area contributed by atoms with Crippen molar-refractivity contribution >= 4 is 46.0 Å². The van der Waals surface area contributed by atoms with Crippen LogP contribution < -0.4 is 4.90 Å². The number of hydrogen-bond acceptors (Lipinski definition) is 5. The minimum Gasteiger partial charge on any atom is -0.337 e. The molecule has 0 spiro atoms. The van der Waals surface area contributed by atoms with Gasteiger partial charge in [-0.3, -0.25) is 9.69 Å². The molecule has 0 aliphatic carbocycles. The van der Waals surface area contributed by atoms with Crippen molar-refractivity contribution in [2.75, 3.05) is 18.5 Å². The number of nitrogens with zero attached hydrogens (tertiary/aromatic N) is 3. The average Bonchev–Trinajstić information content (AvgIpc) is 3.14. The molecule has 4 rings (SSSR count). The smallest absolute Gasteiger partial charge is 0.269 e. The molecule has 2 aliphatic rings. The molecule has 2 aliphatic heterocycles. The van der Waals surface area contributed by atoms with Crippen LogP contribution in [0.25, 0.3) is 0 Å². The number of amidine groups is 1. The van der Waals surface area contributed by atoms with Crippen molar-refractivity contribution in [1.29, 1.82) is 0 Å². The fourth-order valence-electron chi connectivity index (χ4n) is 2.93. The average molecular weight is 382 g/mol. The van der Waals surface area contributed by atoms with E-state index >= 15 is 0 Å². The number of likely N-dealkylation sites (N-methyl/N-ethyl adjacent to an activating group) is 1. The van der Waals surface area contributed by atoms with Crippen molar-refractivity contribution in [3.8, 4) is 0 Å². The zero-order chi connectivity index (χ0) is 18.3. The standard InChI is InChI=1S/C20H19N3OS2/c1-4-23-18(24)17(19-22(3)15-7-5-6-8-16(15)25-19)26-20(23)21-14-11-9-13(2)10-12-14/h5-12H,4H2,1-3H3. The molecule has 0 aromatic heterocycles. The maximum absolute atomic E-state index is 13.0. The molecule has 2 heterocycles. The highest BCUT2D eigenvalue weighted by Crippen LogP contribution is 2.49. The number of para-hydroxylation sites is 1. The number of carbonyl (C=O) groups is 1. The van der Waals surface area contributed by atoms with E-state index in [9.17, 15) is 4.79 Å². The number of hydrogen-bond donors (Lipinski definition) is 0. The fourth-order valence-corrected chi connectivity index (χ4v) is 5.33. The molecule has 0 N–H and O–H groups in total. The number of benzene rings is 2. The maximum atomic E-state index is 13.0. The van der Waals surface area contributed by atoms with Crippen molar-refractivity contribution in [1.82, 2.24) is 4.90 Å². The minimum atomic E-state index is 0.0329. The SMILES string of the molecule is CCN1C(=O)C(=C2Sc3ccccc3N2C)SC1=Nc1ccc(C)cc1. The summed E-state index contributed by atoms with van der Waals surface area (Å²) in [5.74, 6) is 0.0329. The molecule has 0 saturated carbocycles. The Morgan fingerprint density at radius 3 is 2.46 bits per heavy atom. The molecule has 2 aromatic rings. The van der Waals surface area contributed by atoms with Crippen LogP contribution in [0.15, 0.2) is 68.4 Å². The monoisotopic (exact) mass is 381 g/mol. The van der Waals surface area contributed by atoms with Gasteiger partial charge in [-0.1, -0.05) is 41.6 Å². The van der Waals surface area contributed by atoms with Gasteiger partial charge < -0.3 is 4.90 Å². The van der Waals surface area contributed by atoms with E-state index < -0.39 is 0 Å². The first kappa shape index (κ1) is 17.2. The summed E-state index contributed by atoms with van der Waals surface area (Å²) < 4.78 is 0. The minimum absolute atomic E-state index is 0.0329. The second kappa shape index (κ2) is 6.85. The van der Waals surface area contributed by atoms with Gasteiger partial charge in [-0.25, -0.2) is 4.99 Å². The van der Waals surface area contributed by atoms with Crippen LogP contribution in [0.2, 0.25) is 0 Å². The van der Waals surface area contributed by atoms with Crippen LogP contribution in [0.4, 0.5) is 11.4 Å². The molecule has 2 aromatic carbocycles. The lowest BCUT2D eigenvalue weighted by Gasteiger charge is -2.15. The lowest BCUT2D eigenvalue weighted by Crippen LogP contribution is -2.29. The van der Waals surface area contributed by atoms with Crippen molar-refractivity contribution < 1.29 is 4.79 Å². The summed E-state index contributed by atoms with van der Waals surface area (Å²) in [7, 11) is 2.01. The summed E-state index contributed by atoms with van der Waals surface area (Å²) in [6.07, 6.45) is 0. The first-order valence-electron chi connectivity index (χ1n) is 8.48. The van der Waals surface area contributed by atoms with E-state index in [0.29, 0.717) is 6.54 Å². The van der Waals surface area contributed by atoms with Gasteiger partial charge in [0, 0.05) is 18.5 Å². The van der Waals surface area contributed by atoms with Crippen molar-refractivity contribution in [2.45, 2.75) is 18.7 Å². The van der Waals surface area contributed by atoms with E-state index in [1.54, 1.807) is 16.7 Å². The third-order valence-corrected chi connectivity index (χ3v) is 6.80. The van der Waals surface area contributed by atoms with Crippen LogP contribution >= 0.6 is 23.5 Å². The molecule has 0 unspecified atom stereocenters. The van der Waals surface area contributed by atoms with Crippen LogP contribution in [-0.4, -0.2) is 29.6 Å². The molecule has 4 nitrogen and oxygen atoms in total. The van der Waals surface area contributed by atoms with Gasteiger partial charge in [0.1, 0.15) is 4.91 Å². The van der Waals surface area contributed by atoms with Crippen LogP contribution in [0, 0.1) is 6.92 Å². The molecule has 0 bridgehead atoms. The van der Waals surface area contributed by atoms with Crippen LogP contribution in [0.1, 0.15) is 12.5 Å². The molecule has 0 atom stereocenters. The zero-order valence-electron chi connectivity index (χ0n) is 14.9. The highest BCUT2D eigenvalue weighted by molar-refractivity contribution is 8.19.